The average molecular weight is 285 g/mol. The third kappa shape index (κ3) is 3.94. The van der Waals surface area contributed by atoms with E-state index in [9.17, 15) is 0 Å². The van der Waals surface area contributed by atoms with Gasteiger partial charge in [0.25, 0.3) is 0 Å². The Morgan fingerprint density at radius 2 is 1.86 bits per heavy atom. The Balaban J connectivity index is 2.13. The summed E-state index contributed by atoms with van der Waals surface area (Å²) >= 11 is 0. The lowest BCUT2D eigenvalue weighted by atomic mass is 10.00. The lowest BCUT2D eigenvalue weighted by Gasteiger charge is -2.12. The topological polar surface area (TPSA) is 29.9 Å². The van der Waals surface area contributed by atoms with Crippen molar-refractivity contribution in [3.63, 3.8) is 0 Å². The van der Waals surface area contributed by atoms with E-state index in [0.717, 1.165) is 19.5 Å². The average Bonchev–Trinajstić information content (AvgIpc) is 2.89. The maximum absolute atomic E-state index is 4.52. The van der Waals surface area contributed by atoms with Gasteiger partial charge in [-0.15, -0.1) is 0 Å². The molecular weight excluding hydrogens is 258 g/mol. The Hall–Kier alpha value is -1.61. The summed E-state index contributed by atoms with van der Waals surface area (Å²) in [4.78, 5) is 0. The Kier molecular flexibility index (Phi) is 5.18. The van der Waals surface area contributed by atoms with E-state index in [4.69, 9.17) is 0 Å². The largest absolute Gasteiger partial charge is 0.310 e. The molecule has 0 radical (unpaired) electrons. The summed E-state index contributed by atoms with van der Waals surface area (Å²) in [5.74, 6) is 0. The molecule has 0 amide bonds. The van der Waals surface area contributed by atoms with E-state index in [1.807, 2.05) is 10.9 Å². The van der Waals surface area contributed by atoms with Crippen LogP contribution in [0.4, 0.5) is 0 Å². The third-order valence-corrected chi connectivity index (χ3v) is 4.01. The van der Waals surface area contributed by atoms with Crippen molar-refractivity contribution >= 4 is 0 Å². The fourth-order valence-corrected chi connectivity index (χ4v) is 2.79. The minimum absolute atomic E-state index is 0.360. The highest BCUT2D eigenvalue weighted by atomic mass is 15.3. The second-order valence-corrected chi connectivity index (χ2v) is 6.02. The second-order valence-electron chi connectivity index (χ2n) is 6.02. The standard InChI is InChI=1S/C18H27N3/c1-6-7-19-16(5)17-10-20-21(11-17)12-18-14(3)8-13(2)9-15(18)4/h8-11,16,19H,6-7,12H2,1-5H3. The normalized spacial score (nSPS) is 12.6. The number of aryl methyl sites for hydroxylation is 3. The number of hydrogen-bond donors (Lipinski definition) is 1. The highest BCUT2D eigenvalue weighted by molar-refractivity contribution is 5.37. The molecule has 2 aromatic rings. The maximum atomic E-state index is 4.52. The molecule has 0 aliphatic heterocycles. The summed E-state index contributed by atoms with van der Waals surface area (Å²) in [6, 6.07) is 4.86. The first kappa shape index (κ1) is 15.8. The molecule has 0 bridgehead atoms. The molecule has 1 heterocycles. The van der Waals surface area contributed by atoms with Gasteiger partial charge in [-0.1, -0.05) is 24.6 Å². The van der Waals surface area contributed by atoms with Crippen LogP contribution in [-0.2, 0) is 6.54 Å². The van der Waals surface area contributed by atoms with Crippen molar-refractivity contribution < 1.29 is 0 Å². The van der Waals surface area contributed by atoms with E-state index in [1.165, 1.54) is 27.8 Å². The first-order chi connectivity index (χ1) is 10.0. The van der Waals surface area contributed by atoms with E-state index in [1.54, 1.807) is 0 Å². The van der Waals surface area contributed by atoms with Gasteiger partial charge in [-0.3, -0.25) is 4.68 Å². The molecule has 21 heavy (non-hydrogen) atoms. The smallest absolute Gasteiger partial charge is 0.0664 e. The molecular formula is C18H27N3. The highest BCUT2D eigenvalue weighted by Crippen LogP contribution is 2.18. The van der Waals surface area contributed by atoms with Gasteiger partial charge in [0.15, 0.2) is 0 Å². The number of benzene rings is 1. The van der Waals surface area contributed by atoms with E-state index >= 15 is 0 Å². The van der Waals surface area contributed by atoms with E-state index < -0.39 is 0 Å². The zero-order valence-electron chi connectivity index (χ0n) is 13.9. The van der Waals surface area contributed by atoms with Crippen LogP contribution in [0.25, 0.3) is 0 Å². The van der Waals surface area contributed by atoms with Crippen molar-refractivity contribution in [2.24, 2.45) is 0 Å². The first-order valence-electron chi connectivity index (χ1n) is 7.83. The van der Waals surface area contributed by atoms with Crippen molar-refractivity contribution in [2.45, 2.75) is 53.6 Å². The van der Waals surface area contributed by atoms with Gasteiger partial charge in [-0.2, -0.15) is 5.10 Å². The first-order valence-corrected chi connectivity index (χ1v) is 7.83. The van der Waals surface area contributed by atoms with Crippen LogP contribution in [0.15, 0.2) is 24.5 Å². The Bertz CT molecular complexity index is 575. The Morgan fingerprint density at radius 3 is 2.48 bits per heavy atom. The summed E-state index contributed by atoms with van der Waals surface area (Å²) in [7, 11) is 0. The second kappa shape index (κ2) is 6.90. The number of nitrogens with one attached hydrogen (secondary N) is 1. The summed E-state index contributed by atoms with van der Waals surface area (Å²) in [6.07, 6.45) is 5.29. The molecule has 1 unspecified atom stereocenters. The molecule has 0 saturated heterocycles. The van der Waals surface area contributed by atoms with E-state index in [0.29, 0.717) is 6.04 Å². The number of nitrogens with zero attached hydrogens (tertiary/aromatic N) is 2. The molecule has 0 fully saturated rings. The van der Waals surface area contributed by atoms with E-state index in [2.05, 4.69) is 63.4 Å². The van der Waals surface area contributed by atoms with Crippen molar-refractivity contribution in [3.8, 4) is 0 Å². The van der Waals surface area contributed by atoms with Gasteiger partial charge in [0, 0.05) is 17.8 Å². The Morgan fingerprint density at radius 1 is 1.19 bits per heavy atom. The molecule has 114 valence electrons. The van der Waals surface area contributed by atoms with Crippen molar-refractivity contribution in [3.05, 3.63) is 52.3 Å². The van der Waals surface area contributed by atoms with Gasteiger partial charge in [-0.25, -0.2) is 0 Å². The number of rotatable bonds is 6. The minimum atomic E-state index is 0.360. The van der Waals surface area contributed by atoms with Gasteiger partial charge in [-0.05, 0) is 57.4 Å². The summed E-state index contributed by atoms with van der Waals surface area (Å²) in [6.45, 7) is 12.8. The fourth-order valence-electron chi connectivity index (χ4n) is 2.79. The lowest BCUT2D eigenvalue weighted by Crippen LogP contribution is -2.18. The van der Waals surface area contributed by atoms with Crippen LogP contribution in [0.2, 0.25) is 0 Å². The zero-order valence-corrected chi connectivity index (χ0v) is 13.9. The third-order valence-electron chi connectivity index (χ3n) is 4.01. The zero-order chi connectivity index (χ0) is 15.4. The van der Waals surface area contributed by atoms with Gasteiger partial charge in [0.1, 0.15) is 0 Å². The molecule has 3 heteroatoms. The number of hydrogen-bond acceptors (Lipinski definition) is 2. The highest BCUT2D eigenvalue weighted by Gasteiger charge is 2.09. The quantitative estimate of drug-likeness (QED) is 0.872. The maximum Gasteiger partial charge on any atom is 0.0664 e. The molecule has 0 spiro atoms. The van der Waals surface area contributed by atoms with Gasteiger partial charge >= 0.3 is 0 Å². The lowest BCUT2D eigenvalue weighted by molar-refractivity contribution is 0.569. The summed E-state index contributed by atoms with van der Waals surface area (Å²) in [5, 5.41) is 8.02. The van der Waals surface area contributed by atoms with Crippen LogP contribution in [0, 0.1) is 20.8 Å². The number of aromatic nitrogens is 2. The monoisotopic (exact) mass is 285 g/mol. The molecule has 0 saturated carbocycles. The minimum Gasteiger partial charge on any atom is -0.310 e. The fraction of sp³-hybridized carbons (Fsp3) is 0.500. The van der Waals surface area contributed by atoms with Crippen LogP contribution >= 0.6 is 0 Å². The van der Waals surface area contributed by atoms with Gasteiger partial charge < -0.3 is 5.32 Å². The van der Waals surface area contributed by atoms with Crippen molar-refractivity contribution in [1.82, 2.24) is 15.1 Å². The molecule has 1 aromatic heterocycles. The van der Waals surface area contributed by atoms with Crippen LogP contribution < -0.4 is 5.32 Å². The predicted molar refractivity (Wildman–Crippen MR) is 88.7 cm³/mol. The molecule has 1 N–H and O–H groups in total. The molecule has 2 rings (SSSR count). The SMILES string of the molecule is CCCNC(C)c1cnn(Cc2c(C)cc(C)cc2C)c1. The molecule has 1 aromatic carbocycles. The predicted octanol–water partition coefficient (Wildman–Crippen LogP) is 3.92. The van der Waals surface area contributed by atoms with E-state index in [-0.39, 0.29) is 0 Å². The van der Waals surface area contributed by atoms with Crippen LogP contribution in [0.3, 0.4) is 0 Å². The van der Waals surface area contributed by atoms with Crippen LogP contribution in [-0.4, -0.2) is 16.3 Å². The van der Waals surface area contributed by atoms with Crippen molar-refractivity contribution in [1.29, 1.82) is 0 Å². The van der Waals surface area contributed by atoms with Crippen LogP contribution in [0.1, 0.15) is 54.1 Å². The van der Waals surface area contributed by atoms with Gasteiger partial charge in [0.2, 0.25) is 0 Å². The molecule has 0 aliphatic rings. The summed E-state index contributed by atoms with van der Waals surface area (Å²) < 4.78 is 2.05. The summed E-state index contributed by atoms with van der Waals surface area (Å²) in [5.41, 5.74) is 6.66. The molecule has 3 nitrogen and oxygen atoms in total. The van der Waals surface area contributed by atoms with Crippen molar-refractivity contribution in [2.75, 3.05) is 6.54 Å². The molecule has 1 atom stereocenters. The van der Waals surface area contributed by atoms with Gasteiger partial charge in [0.05, 0.1) is 12.7 Å². The van der Waals surface area contributed by atoms with Crippen LogP contribution in [0.5, 0.6) is 0 Å². The molecule has 0 aliphatic carbocycles. The Labute approximate surface area is 128 Å².